The molecule has 2 N–H and O–H groups in total. The Morgan fingerprint density at radius 3 is 2.80 bits per heavy atom. The highest BCUT2D eigenvalue weighted by molar-refractivity contribution is 5.83. The minimum absolute atomic E-state index is 0.0235. The van der Waals surface area contributed by atoms with Crippen molar-refractivity contribution in [3.8, 4) is 0 Å². The maximum atomic E-state index is 12.5. The van der Waals surface area contributed by atoms with Gasteiger partial charge < -0.3 is 10.6 Å². The normalized spacial score (nSPS) is 30.0. The molecule has 1 aromatic rings. The molecule has 3 rings (SSSR count). The summed E-state index contributed by atoms with van der Waals surface area (Å²) in [6.45, 7) is 5.15. The molecule has 1 aromatic carbocycles. The largest absolute Gasteiger partial charge is 0.348 e. The van der Waals surface area contributed by atoms with Crippen LogP contribution in [-0.2, 0) is 4.79 Å². The first-order valence-corrected chi connectivity index (χ1v) is 7.75. The molecule has 3 heteroatoms. The summed E-state index contributed by atoms with van der Waals surface area (Å²) in [5.74, 6) is 1.45. The quantitative estimate of drug-likeness (QED) is 0.888. The minimum Gasteiger partial charge on any atom is -0.348 e. The molecule has 0 radical (unpaired) electrons. The molecule has 0 bridgehead atoms. The summed E-state index contributed by atoms with van der Waals surface area (Å²) in [7, 11) is 0. The van der Waals surface area contributed by atoms with Crippen molar-refractivity contribution >= 4 is 5.91 Å². The number of rotatable bonds is 3. The third-order valence-corrected chi connectivity index (χ3v) is 4.96. The van der Waals surface area contributed by atoms with Gasteiger partial charge in [-0.25, -0.2) is 0 Å². The van der Waals surface area contributed by atoms with E-state index in [0.29, 0.717) is 5.92 Å². The number of aryl methyl sites for hydroxylation is 1. The number of carbonyl (C=O) groups excluding carboxylic acids is 1. The fraction of sp³-hybridized carbons (Fsp3) is 0.588. The summed E-state index contributed by atoms with van der Waals surface area (Å²) in [6.07, 6.45) is 3.78. The zero-order valence-corrected chi connectivity index (χ0v) is 12.4. The van der Waals surface area contributed by atoms with Crippen molar-refractivity contribution in [2.45, 2.75) is 45.2 Å². The lowest BCUT2D eigenvalue weighted by Crippen LogP contribution is -2.44. The average molecular weight is 272 g/mol. The molecule has 1 saturated carbocycles. The summed E-state index contributed by atoms with van der Waals surface area (Å²) in [6, 6.07) is 8.49. The molecule has 1 heterocycles. The predicted octanol–water partition coefficient (Wildman–Crippen LogP) is 2.56. The van der Waals surface area contributed by atoms with E-state index in [2.05, 4.69) is 48.7 Å². The van der Waals surface area contributed by atoms with Crippen molar-refractivity contribution in [3.63, 3.8) is 0 Å². The molecule has 0 aromatic heterocycles. The summed E-state index contributed by atoms with van der Waals surface area (Å²) in [5.41, 5.74) is 2.42. The van der Waals surface area contributed by atoms with Gasteiger partial charge in [0.1, 0.15) is 0 Å². The molecule has 20 heavy (non-hydrogen) atoms. The van der Waals surface area contributed by atoms with Gasteiger partial charge in [-0.15, -0.1) is 0 Å². The van der Waals surface area contributed by atoms with Crippen LogP contribution in [0.2, 0.25) is 0 Å². The van der Waals surface area contributed by atoms with E-state index in [0.717, 1.165) is 12.5 Å². The molecule has 2 aliphatic rings. The lowest BCUT2D eigenvalue weighted by molar-refractivity contribution is -0.124. The second-order valence-corrected chi connectivity index (χ2v) is 6.38. The van der Waals surface area contributed by atoms with E-state index in [1.807, 2.05) is 0 Å². The summed E-state index contributed by atoms with van der Waals surface area (Å²) in [5, 5.41) is 6.58. The van der Waals surface area contributed by atoms with Crippen LogP contribution in [0, 0.1) is 18.8 Å². The standard InChI is InChI=1S/C17H24N2O/c1-11-6-8-13(9-7-11)12(2)19-17(20)16-15-5-3-4-14(15)10-18-16/h6-9,12,14-16,18H,3-5,10H2,1-2H3,(H,19,20)/t12-,14?,15?,16?/m0/s1. The van der Waals surface area contributed by atoms with Gasteiger partial charge in [0.2, 0.25) is 5.91 Å². The maximum absolute atomic E-state index is 12.5. The first-order valence-electron chi connectivity index (χ1n) is 7.75. The Balaban J connectivity index is 1.62. The van der Waals surface area contributed by atoms with Gasteiger partial charge in [0.15, 0.2) is 0 Å². The number of amides is 1. The Morgan fingerprint density at radius 1 is 1.30 bits per heavy atom. The van der Waals surface area contributed by atoms with E-state index >= 15 is 0 Å². The molecule has 1 aliphatic carbocycles. The van der Waals surface area contributed by atoms with Crippen LogP contribution in [0.1, 0.15) is 43.4 Å². The molecule has 1 aliphatic heterocycles. The monoisotopic (exact) mass is 272 g/mol. The molecular weight excluding hydrogens is 248 g/mol. The van der Waals surface area contributed by atoms with Crippen molar-refractivity contribution in [1.82, 2.24) is 10.6 Å². The van der Waals surface area contributed by atoms with Gasteiger partial charge in [0.05, 0.1) is 12.1 Å². The van der Waals surface area contributed by atoms with Gasteiger partial charge in [0.25, 0.3) is 0 Å². The molecule has 4 atom stereocenters. The van der Waals surface area contributed by atoms with Crippen molar-refractivity contribution < 1.29 is 4.79 Å². The molecule has 1 amide bonds. The van der Waals surface area contributed by atoms with Crippen LogP contribution in [0.3, 0.4) is 0 Å². The van der Waals surface area contributed by atoms with Gasteiger partial charge in [-0.1, -0.05) is 36.2 Å². The Labute approximate surface area is 121 Å². The van der Waals surface area contributed by atoms with Gasteiger partial charge in [-0.3, -0.25) is 4.79 Å². The van der Waals surface area contributed by atoms with Crippen LogP contribution < -0.4 is 10.6 Å². The SMILES string of the molecule is Cc1ccc([C@H](C)NC(=O)C2NCC3CCCC32)cc1. The number of benzene rings is 1. The Hall–Kier alpha value is -1.35. The molecule has 2 fully saturated rings. The number of hydrogen-bond donors (Lipinski definition) is 2. The Morgan fingerprint density at radius 2 is 2.05 bits per heavy atom. The zero-order chi connectivity index (χ0) is 14.1. The molecule has 3 unspecified atom stereocenters. The van der Waals surface area contributed by atoms with E-state index in [1.165, 1.54) is 30.4 Å². The molecule has 3 nitrogen and oxygen atoms in total. The molecular formula is C17H24N2O. The first-order chi connectivity index (χ1) is 9.65. The van der Waals surface area contributed by atoms with E-state index in [4.69, 9.17) is 0 Å². The van der Waals surface area contributed by atoms with Crippen molar-refractivity contribution in [3.05, 3.63) is 35.4 Å². The number of nitrogens with one attached hydrogen (secondary N) is 2. The van der Waals surface area contributed by atoms with Crippen LogP contribution in [0.4, 0.5) is 0 Å². The van der Waals surface area contributed by atoms with Crippen molar-refractivity contribution in [1.29, 1.82) is 0 Å². The van der Waals surface area contributed by atoms with E-state index < -0.39 is 0 Å². The summed E-state index contributed by atoms with van der Waals surface area (Å²) >= 11 is 0. The second-order valence-electron chi connectivity index (χ2n) is 6.38. The minimum atomic E-state index is 0.0235. The second kappa shape index (κ2) is 5.57. The first kappa shape index (κ1) is 13.6. The highest BCUT2D eigenvalue weighted by atomic mass is 16.2. The maximum Gasteiger partial charge on any atom is 0.237 e. The Kier molecular flexibility index (Phi) is 3.79. The third kappa shape index (κ3) is 2.59. The number of hydrogen-bond acceptors (Lipinski definition) is 2. The van der Waals surface area contributed by atoms with Crippen LogP contribution in [-0.4, -0.2) is 18.5 Å². The highest BCUT2D eigenvalue weighted by Crippen LogP contribution is 2.37. The summed E-state index contributed by atoms with van der Waals surface area (Å²) < 4.78 is 0. The molecule has 108 valence electrons. The lowest BCUT2D eigenvalue weighted by atomic mass is 9.93. The van der Waals surface area contributed by atoms with Gasteiger partial charge in [-0.2, -0.15) is 0 Å². The predicted molar refractivity (Wildman–Crippen MR) is 80.4 cm³/mol. The number of carbonyl (C=O) groups is 1. The van der Waals surface area contributed by atoms with Crippen molar-refractivity contribution in [2.24, 2.45) is 11.8 Å². The summed E-state index contributed by atoms with van der Waals surface area (Å²) in [4.78, 5) is 12.5. The van der Waals surface area contributed by atoms with E-state index in [1.54, 1.807) is 0 Å². The van der Waals surface area contributed by atoms with E-state index in [9.17, 15) is 4.79 Å². The topological polar surface area (TPSA) is 41.1 Å². The molecule has 0 spiro atoms. The average Bonchev–Trinajstić information content (AvgIpc) is 3.01. The van der Waals surface area contributed by atoms with Crippen LogP contribution in [0.15, 0.2) is 24.3 Å². The Bertz CT molecular complexity index is 482. The van der Waals surface area contributed by atoms with Crippen LogP contribution in [0.5, 0.6) is 0 Å². The molecule has 1 saturated heterocycles. The zero-order valence-electron chi connectivity index (χ0n) is 12.4. The lowest BCUT2D eigenvalue weighted by Gasteiger charge is -2.21. The van der Waals surface area contributed by atoms with Crippen LogP contribution >= 0.6 is 0 Å². The van der Waals surface area contributed by atoms with Gasteiger partial charge in [0, 0.05) is 0 Å². The van der Waals surface area contributed by atoms with E-state index in [-0.39, 0.29) is 18.0 Å². The highest BCUT2D eigenvalue weighted by Gasteiger charge is 2.42. The van der Waals surface area contributed by atoms with Crippen molar-refractivity contribution in [2.75, 3.05) is 6.54 Å². The smallest absolute Gasteiger partial charge is 0.237 e. The number of fused-ring (bicyclic) bond motifs is 1. The third-order valence-electron chi connectivity index (χ3n) is 4.96. The van der Waals surface area contributed by atoms with Crippen LogP contribution in [0.25, 0.3) is 0 Å². The van der Waals surface area contributed by atoms with Gasteiger partial charge in [-0.05, 0) is 50.6 Å². The fourth-order valence-electron chi connectivity index (χ4n) is 3.72. The van der Waals surface area contributed by atoms with Gasteiger partial charge >= 0.3 is 0 Å². The fourth-order valence-corrected chi connectivity index (χ4v) is 3.72.